The number of ether oxygens (including phenoxy) is 1. The smallest absolute Gasteiger partial charge is 0.133 e. The van der Waals surface area contributed by atoms with Gasteiger partial charge in [0, 0.05) is 6.04 Å². The highest BCUT2D eigenvalue weighted by Crippen LogP contribution is 2.29. The van der Waals surface area contributed by atoms with Crippen molar-refractivity contribution in [2.24, 2.45) is 0 Å². The minimum Gasteiger partial charge on any atom is -0.496 e. The van der Waals surface area contributed by atoms with E-state index in [0.29, 0.717) is 0 Å². The number of likely N-dealkylation sites (N-methyl/N-ethyl adjacent to an activating group) is 1. The molecule has 3 heteroatoms. The molecule has 21 heavy (non-hydrogen) atoms. The van der Waals surface area contributed by atoms with Crippen LogP contribution in [0.15, 0.2) is 40.9 Å². The molecule has 0 bridgehead atoms. The number of rotatable bonds is 5. The monoisotopic (exact) mass is 347 g/mol. The van der Waals surface area contributed by atoms with E-state index in [-0.39, 0.29) is 6.04 Å². The van der Waals surface area contributed by atoms with Crippen LogP contribution in [0.25, 0.3) is 0 Å². The maximum Gasteiger partial charge on any atom is 0.133 e. The first kappa shape index (κ1) is 16.1. The summed E-state index contributed by atoms with van der Waals surface area (Å²) in [5.74, 6) is 0.861. The summed E-state index contributed by atoms with van der Waals surface area (Å²) in [6.45, 7) is 4.30. The van der Waals surface area contributed by atoms with E-state index >= 15 is 0 Å². The van der Waals surface area contributed by atoms with Crippen molar-refractivity contribution in [3.8, 4) is 5.75 Å². The third-order valence-electron chi connectivity index (χ3n) is 3.65. The van der Waals surface area contributed by atoms with Gasteiger partial charge in [-0.05, 0) is 66.5 Å². The van der Waals surface area contributed by atoms with Gasteiger partial charge in [-0.3, -0.25) is 0 Å². The Hall–Kier alpha value is -1.32. The molecule has 0 aliphatic carbocycles. The molecule has 1 N–H and O–H groups in total. The molecule has 2 aromatic rings. The fraction of sp³-hybridized carbons (Fsp3) is 0.333. The van der Waals surface area contributed by atoms with E-state index in [1.807, 2.05) is 13.1 Å². The molecule has 2 rings (SSSR count). The summed E-state index contributed by atoms with van der Waals surface area (Å²) in [7, 11) is 3.69. The van der Waals surface area contributed by atoms with Crippen LogP contribution in [-0.2, 0) is 6.42 Å². The minimum atomic E-state index is 0.286. The second kappa shape index (κ2) is 7.10. The van der Waals surface area contributed by atoms with Gasteiger partial charge >= 0.3 is 0 Å². The lowest BCUT2D eigenvalue weighted by molar-refractivity contribution is 0.411. The van der Waals surface area contributed by atoms with Crippen molar-refractivity contribution in [3.63, 3.8) is 0 Å². The highest BCUT2D eigenvalue weighted by molar-refractivity contribution is 9.10. The van der Waals surface area contributed by atoms with Crippen molar-refractivity contribution >= 4 is 15.9 Å². The fourth-order valence-corrected chi connectivity index (χ4v) is 3.27. The molecule has 2 nitrogen and oxygen atoms in total. The third-order valence-corrected chi connectivity index (χ3v) is 4.27. The van der Waals surface area contributed by atoms with Crippen molar-refractivity contribution in [2.45, 2.75) is 26.3 Å². The average molecular weight is 348 g/mol. The highest BCUT2D eigenvalue weighted by Gasteiger charge is 2.12. The van der Waals surface area contributed by atoms with Crippen molar-refractivity contribution in [1.82, 2.24) is 5.32 Å². The number of aryl methyl sites for hydroxylation is 2. The molecule has 0 aliphatic rings. The van der Waals surface area contributed by atoms with Gasteiger partial charge in [0.25, 0.3) is 0 Å². The van der Waals surface area contributed by atoms with Crippen molar-refractivity contribution in [2.75, 3.05) is 14.2 Å². The zero-order chi connectivity index (χ0) is 15.4. The van der Waals surface area contributed by atoms with Crippen LogP contribution in [0.5, 0.6) is 5.75 Å². The quantitative estimate of drug-likeness (QED) is 0.854. The topological polar surface area (TPSA) is 21.3 Å². The predicted octanol–water partition coefficient (Wildman–Crippen LogP) is 4.58. The van der Waals surface area contributed by atoms with E-state index in [4.69, 9.17) is 4.74 Å². The Morgan fingerprint density at radius 1 is 1.10 bits per heavy atom. The van der Waals surface area contributed by atoms with Gasteiger partial charge < -0.3 is 10.1 Å². The molecule has 0 aliphatic heterocycles. The molecule has 112 valence electrons. The summed E-state index contributed by atoms with van der Waals surface area (Å²) in [6.07, 6.45) is 0.970. The number of benzene rings is 2. The molecule has 0 fully saturated rings. The first-order chi connectivity index (χ1) is 10.0. The molecule has 0 radical (unpaired) electrons. The van der Waals surface area contributed by atoms with E-state index in [1.165, 1.54) is 22.3 Å². The van der Waals surface area contributed by atoms with Gasteiger partial charge in [-0.15, -0.1) is 0 Å². The van der Waals surface area contributed by atoms with Crippen molar-refractivity contribution in [1.29, 1.82) is 0 Å². The van der Waals surface area contributed by atoms with Gasteiger partial charge in [0.15, 0.2) is 0 Å². The van der Waals surface area contributed by atoms with Crippen LogP contribution in [0.2, 0.25) is 0 Å². The van der Waals surface area contributed by atoms with Crippen LogP contribution < -0.4 is 10.1 Å². The number of halogens is 1. The van der Waals surface area contributed by atoms with Crippen LogP contribution in [-0.4, -0.2) is 14.2 Å². The van der Waals surface area contributed by atoms with Crippen LogP contribution in [0, 0.1) is 13.8 Å². The van der Waals surface area contributed by atoms with E-state index in [1.54, 1.807) is 7.11 Å². The maximum atomic E-state index is 5.30. The number of hydrogen-bond acceptors (Lipinski definition) is 2. The number of hydrogen-bond donors (Lipinski definition) is 1. The van der Waals surface area contributed by atoms with E-state index in [9.17, 15) is 0 Å². The fourth-order valence-electron chi connectivity index (χ4n) is 2.71. The lowest BCUT2D eigenvalue weighted by Crippen LogP contribution is -2.19. The minimum absolute atomic E-state index is 0.286. The van der Waals surface area contributed by atoms with Crippen LogP contribution in [0.1, 0.15) is 28.3 Å². The van der Waals surface area contributed by atoms with Gasteiger partial charge in [0.2, 0.25) is 0 Å². The Bertz CT molecular complexity index is 604. The Labute approximate surface area is 135 Å². The first-order valence-electron chi connectivity index (χ1n) is 7.11. The summed E-state index contributed by atoms with van der Waals surface area (Å²) in [4.78, 5) is 0. The van der Waals surface area contributed by atoms with Gasteiger partial charge in [-0.2, -0.15) is 0 Å². The van der Waals surface area contributed by atoms with Gasteiger partial charge in [0.1, 0.15) is 5.75 Å². The van der Waals surface area contributed by atoms with E-state index < -0.39 is 0 Å². The molecule has 1 unspecified atom stereocenters. The van der Waals surface area contributed by atoms with E-state index in [2.05, 4.69) is 65.4 Å². The van der Waals surface area contributed by atoms with Gasteiger partial charge in [-0.25, -0.2) is 0 Å². The third kappa shape index (κ3) is 4.08. The highest BCUT2D eigenvalue weighted by atomic mass is 79.9. The summed E-state index contributed by atoms with van der Waals surface area (Å²) in [5.41, 5.74) is 5.25. The average Bonchev–Trinajstić information content (AvgIpc) is 2.43. The molecule has 0 heterocycles. The summed E-state index contributed by atoms with van der Waals surface area (Å²) >= 11 is 3.56. The summed E-state index contributed by atoms with van der Waals surface area (Å²) < 4.78 is 6.28. The Morgan fingerprint density at radius 2 is 1.76 bits per heavy atom. The Kier molecular flexibility index (Phi) is 5.43. The lowest BCUT2D eigenvalue weighted by atomic mass is 9.96. The lowest BCUT2D eigenvalue weighted by Gasteiger charge is -2.18. The molecule has 0 saturated carbocycles. The summed E-state index contributed by atoms with van der Waals surface area (Å²) in [6, 6.07) is 13.3. The van der Waals surface area contributed by atoms with E-state index in [0.717, 1.165) is 16.6 Å². The maximum absolute atomic E-state index is 5.30. The molecule has 0 spiro atoms. The van der Waals surface area contributed by atoms with Crippen LogP contribution in [0.3, 0.4) is 0 Å². The molecular weight excluding hydrogens is 326 g/mol. The molecular formula is C18H22BrNO. The first-order valence-corrected chi connectivity index (χ1v) is 7.90. The molecule has 1 atom stereocenters. The number of methoxy groups -OCH3 is 1. The van der Waals surface area contributed by atoms with Crippen molar-refractivity contribution in [3.05, 3.63) is 63.1 Å². The van der Waals surface area contributed by atoms with Crippen molar-refractivity contribution < 1.29 is 4.74 Å². The SMILES string of the molecule is CNC(Cc1cc(C)cc(C)c1)c1ccc(OC)c(Br)c1. The molecule has 0 amide bonds. The largest absolute Gasteiger partial charge is 0.496 e. The molecule has 2 aromatic carbocycles. The zero-order valence-corrected chi connectivity index (χ0v) is 14.6. The Balaban J connectivity index is 2.25. The number of nitrogens with one attached hydrogen (secondary N) is 1. The zero-order valence-electron chi connectivity index (χ0n) is 13.0. The second-order valence-corrected chi connectivity index (χ2v) is 6.29. The van der Waals surface area contributed by atoms with Crippen LogP contribution in [0.4, 0.5) is 0 Å². The van der Waals surface area contributed by atoms with Crippen LogP contribution >= 0.6 is 15.9 Å². The Morgan fingerprint density at radius 3 is 2.29 bits per heavy atom. The standard InChI is InChI=1S/C18H22BrNO/c1-12-7-13(2)9-14(8-12)10-17(20-3)15-5-6-18(21-4)16(19)11-15/h5-9,11,17,20H,10H2,1-4H3. The normalized spacial score (nSPS) is 12.2. The second-order valence-electron chi connectivity index (χ2n) is 5.44. The van der Waals surface area contributed by atoms with Gasteiger partial charge in [0.05, 0.1) is 11.6 Å². The predicted molar refractivity (Wildman–Crippen MR) is 92.1 cm³/mol. The molecule has 0 saturated heterocycles. The van der Waals surface area contributed by atoms with Gasteiger partial charge in [-0.1, -0.05) is 35.4 Å². The summed E-state index contributed by atoms with van der Waals surface area (Å²) in [5, 5.41) is 3.41. The molecule has 0 aromatic heterocycles.